The Labute approximate surface area is 133 Å². The molecular weight excluding hydrogens is 298 g/mol. The average molecular weight is 319 g/mol. The summed E-state index contributed by atoms with van der Waals surface area (Å²) in [5, 5.41) is 7.90. The van der Waals surface area contributed by atoms with Gasteiger partial charge in [-0.2, -0.15) is 0 Å². The van der Waals surface area contributed by atoms with Gasteiger partial charge < -0.3 is 14.1 Å². The topological polar surface area (TPSA) is 97.1 Å². The van der Waals surface area contributed by atoms with Crippen LogP contribution in [0.25, 0.3) is 0 Å². The number of aryl methyl sites for hydroxylation is 2. The van der Waals surface area contributed by atoms with Gasteiger partial charge in [-0.05, 0) is 13.3 Å². The maximum Gasteiger partial charge on any atom is 0.251 e. The molecule has 1 aliphatic heterocycles. The molecule has 3 heterocycles. The predicted octanol–water partition coefficient (Wildman–Crippen LogP) is 0.986. The molecule has 2 atom stereocenters. The van der Waals surface area contributed by atoms with Crippen molar-refractivity contribution in [3.63, 3.8) is 0 Å². The van der Waals surface area contributed by atoms with E-state index in [2.05, 4.69) is 25.1 Å². The number of ether oxygens (including phenoxy) is 1. The largest absolute Gasteiger partial charge is 0.423 e. The van der Waals surface area contributed by atoms with Crippen LogP contribution in [0.4, 0.5) is 0 Å². The molecule has 0 aliphatic carbocycles. The second-order valence-corrected chi connectivity index (χ2v) is 5.83. The predicted molar refractivity (Wildman–Crippen MR) is 81.8 cm³/mol. The number of aromatic amines is 1. The lowest BCUT2D eigenvalue weighted by Gasteiger charge is -2.34. The van der Waals surface area contributed by atoms with Gasteiger partial charge in [0.25, 0.3) is 5.56 Å². The maximum absolute atomic E-state index is 11.7. The molecule has 8 heteroatoms. The Balaban J connectivity index is 1.74. The van der Waals surface area contributed by atoms with Gasteiger partial charge in [0.15, 0.2) is 0 Å². The van der Waals surface area contributed by atoms with Crippen LogP contribution in [0.15, 0.2) is 15.3 Å². The lowest BCUT2D eigenvalue weighted by Crippen LogP contribution is -2.43. The molecule has 1 fully saturated rings. The normalized spacial score (nSPS) is 22.4. The zero-order valence-electron chi connectivity index (χ0n) is 13.6. The molecule has 0 bridgehead atoms. The number of hydrogen-bond donors (Lipinski definition) is 1. The minimum Gasteiger partial charge on any atom is -0.423 e. The van der Waals surface area contributed by atoms with Crippen molar-refractivity contribution >= 4 is 0 Å². The standard InChI is InChI=1S/C15H21N5O3/c1-4-11-5-14(21)17-13(16-11)8-20-6-9(2)22-12(7-20)15-19-18-10(3)23-15/h5,9,12H,4,6-8H2,1-3H3,(H,16,17,21)/t9-,12-/m1/s1. The fourth-order valence-corrected chi connectivity index (χ4v) is 2.78. The summed E-state index contributed by atoms with van der Waals surface area (Å²) in [6, 6.07) is 1.54. The van der Waals surface area contributed by atoms with Gasteiger partial charge in [0.1, 0.15) is 11.9 Å². The summed E-state index contributed by atoms with van der Waals surface area (Å²) >= 11 is 0. The average Bonchev–Trinajstić information content (AvgIpc) is 2.92. The van der Waals surface area contributed by atoms with Crippen molar-refractivity contribution in [2.75, 3.05) is 13.1 Å². The number of nitrogens with zero attached hydrogens (tertiary/aromatic N) is 4. The van der Waals surface area contributed by atoms with Gasteiger partial charge in [-0.3, -0.25) is 9.69 Å². The molecule has 2 aromatic heterocycles. The van der Waals surface area contributed by atoms with Crippen LogP contribution in [-0.2, 0) is 17.7 Å². The van der Waals surface area contributed by atoms with E-state index in [1.165, 1.54) is 6.07 Å². The molecule has 0 saturated carbocycles. The van der Waals surface area contributed by atoms with Crippen LogP contribution in [0, 0.1) is 6.92 Å². The molecule has 124 valence electrons. The molecule has 1 N–H and O–H groups in total. The van der Waals surface area contributed by atoms with E-state index in [4.69, 9.17) is 9.15 Å². The molecule has 1 aliphatic rings. The SMILES string of the molecule is CCc1cc(=O)[nH]c(CN2C[C@@H](C)O[C@@H](c3nnc(C)o3)C2)n1. The first-order valence-corrected chi connectivity index (χ1v) is 7.80. The highest BCUT2D eigenvalue weighted by atomic mass is 16.5. The van der Waals surface area contributed by atoms with E-state index in [9.17, 15) is 4.79 Å². The summed E-state index contributed by atoms with van der Waals surface area (Å²) in [5.74, 6) is 1.68. The zero-order chi connectivity index (χ0) is 16.4. The van der Waals surface area contributed by atoms with E-state index in [1.54, 1.807) is 6.92 Å². The molecule has 0 unspecified atom stereocenters. The molecule has 0 amide bonds. The van der Waals surface area contributed by atoms with Crippen LogP contribution < -0.4 is 5.56 Å². The molecule has 0 spiro atoms. The van der Waals surface area contributed by atoms with Crippen molar-refractivity contribution < 1.29 is 9.15 Å². The number of aromatic nitrogens is 4. The van der Waals surface area contributed by atoms with Gasteiger partial charge in [0, 0.05) is 31.8 Å². The van der Waals surface area contributed by atoms with Gasteiger partial charge in [-0.15, -0.1) is 10.2 Å². The van der Waals surface area contributed by atoms with Crippen molar-refractivity contribution in [3.8, 4) is 0 Å². The first kappa shape index (κ1) is 15.8. The third-order valence-electron chi connectivity index (χ3n) is 3.73. The molecule has 23 heavy (non-hydrogen) atoms. The number of H-pyrrole nitrogens is 1. The lowest BCUT2D eigenvalue weighted by molar-refractivity contribution is -0.0923. The molecule has 8 nitrogen and oxygen atoms in total. The van der Waals surface area contributed by atoms with Crippen LogP contribution in [0.3, 0.4) is 0 Å². The van der Waals surface area contributed by atoms with Crippen LogP contribution in [0.2, 0.25) is 0 Å². The highest BCUT2D eigenvalue weighted by Gasteiger charge is 2.30. The van der Waals surface area contributed by atoms with Crippen LogP contribution in [-0.4, -0.2) is 44.3 Å². The second kappa shape index (κ2) is 6.59. The summed E-state index contributed by atoms with van der Waals surface area (Å²) < 4.78 is 11.4. The summed E-state index contributed by atoms with van der Waals surface area (Å²) in [4.78, 5) is 21.2. The van der Waals surface area contributed by atoms with Gasteiger partial charge in [0.2, 0.25) is 11.8 Å². The summed E-state index contributed by atoms with van der Waals surface area (Å²) in [7, 11) is 0. The van der Waals surface area contributed by atoms with Gasteiger partial charge in [-0.25, -0.2) is 4.98 Å². The summed E-state index contributed by atoms with van der Waals surface area (Å²) in [6.07, 6.45) is 0.503. The summed E-state index contributed by atoms with van der Waals surface area (Å²) in [6.45, 7) is 7.67. The first-order chi connectivity index (χ1) is 11.0. The maximum atomic E-state index is 11.7. The Hall–Kier alpha value is -2.06. The van der Waals surface area contributed by atoms with Crippen molar-refractivity contribution in [2.45, 2.75) is 45.9 Å². The van der Waals surface area contributed by atoms with E-state index in [-0.39, 0.29) is 17.8 Å². The molecule has 3 rings (SSSR count). The zero-order valence-corrected chi connectivity index (χ0v) is 13.6. The quantitative estimate of drug-likeness (QED) is 0.897. The molecule has 1 saturated heterocycles. The minimum absolute atomic E-state index is 0.0297. The lowest BCUT2D eigenvalue weighted by atomic mass is 10.2. The van der Waals surface area contributed by atoms with Crippen LogP contribution in [0.5, 0.6) is 0 Å². The van der Waals surface area contributed by atoms with E-state index >= 15 is 0 Å². The second-order valence-electron chi connectivity index (χ2n) is 5.83. The van der Waals surface area contributed by atoms with Crippen molar-refractivity contribution in [2.24, 2.45) is 0 Å². The first-order valence-electron chi connectivity index (χ1n) is 7.80. The van der Waals surface area contributed by atoms with Crippen molar-refractivity contribution in [1.82, 2.24) is 25.1 Å². The van der Waals surface area contributed by atoms with Gasteiger partial charge >= 0.3 is 0 Å². The Morgan fingerprint density at radius 3 is 2.91 bits per heavy atom. The van der Waals surface area contributed by atoms with Gasteiger partial charge in [0.05, 0.1) is 12.6 Å². The number of morpholine rings is 1. The Kier molecular flexibility index (Phi) is 4.53. The molecular formula is C15H21N5O3. The smallest absolute Gasteiger partial charge is 0.251 e. The Morgan fingerprint density at radius 1 is 1.39 bits per heavy atom. The summed E-state index contributed by atoms with van der Waals surface area (Å²) in [5.41, 5.74) is 0.686. The van der Waals surface area contributed by atoms with E-state index in [0.29, 0.717) is 30.7 Å². The van der Waals surface area contributed by atoms with Crippen LogP contribution in [0.1, 0.15) is 43.3 Å². The van der Waals surface area contributed by atoms with E-state index < -0.39 is 0 Å². The number of hydrogen-bond acceptors (Lipinski definition) is 7. The number of nitrogens with one attached hydrogen (secondary N) is 1. The highest BCUT2D eigenvalue weighted by Crippen LogP contribution is 2.24. The molecule has 0 aromatic carbocycles. The fourth-order valence-electron chi connectivity index (χ4n) is 2.78. The van der Waals surface area contributed by atoms with Gasteiger partial charge in [-0.1, -0.05) is 6.92 Å². The van der Waals surface area contributed by atoms with E-state index in [0.717, 1.165) is 18.7 Å². The van der Waals surface area contributed by atoms with Crippen molar-refractivity contribution in [1.29, 1.82) is 0 Å². The minimum atomic E-state index is -0.263. The molecule has 2 aromatic rings. The number of rotatable bonds is 4. The van der Waals surface area contributed by atoms with Crippen LogP contribution >= 0.6 is 0 Å². The van der Waals surface area contributed by atoms with Crippen molar-refractivity contribution in [3.05, 3.63) is 39.7 Å². The Morgan fingerprint density at radius 2 is 2.22 bits per heavy atom. The third-order valence-corrected chi connectivity index (χ3v) is 3.73. The fraction of sp³-hybridized carbons (Fsp3) is 0.600. The highest BCUT2D eigenvalue weighted by molar-refractivity contribution is 5.03. The third kappa shape index (κ3) is 3.83. The molecule has 0 radical (unpaired) electrons. The monoisotopic (exact) mass is 319 g/mol. The Bertz CT molecular complexity index is 726. The van der Waals surface area contributed by atoms with E-state index in [1.807, 2.05) is 13.8 Å².